The van der Waals surface area contributed by atoms with Crippen LogP contribution in [0.25, 0.3) is 4.85 Å². The van der Waals surface area contributed by atoms with Crippen LogP contribution in [-0.2, 0) is 14.4 Å². The van der Waals surface area contributed by atoms with Crippen molar-refractivity contribution in [1.82, 2.24) is 10.3 Å². The molecule has 3 aliphatic rings. The van der Waals surface area contributed by atoms with E-state index in [1.807, 2.05) is 0 Å². The lowest BCUT2D eigenvalue weighted by molar-refractivity contribution is -0.133. The van der Waals surface area contributed by atoms with Crippen LogP contribution in [0.5, 0.6) is 0 Å². The van der Waals surface area contributed by atoms with E-state index in [2.05, 4.69) is 32.3 Å². The van der Waals surface area contributed by atoms with Crippen molar-refractivity contribution < 1.29 is 14.4 Å². The molecule has 2 fully saturated rings. The molecule has 9 heteroatoms. The van der Waals surface area contributed by atoms with Crippen molar-refractivity contribution in [3.63, 3.8) is 0 Å². The summed E-state index contributed by atoms with van der Waals surface area (Å²) in [5.41, 5.74) is 1.53. The van der Waals surface area contributed by atoms with Gasteiger partial charge in [-0.1, -0.05) is 19.6 Å². The van der Waals surface area contributed by atoms with Gasteiger partial charge in [-0.2, -0.15) is 0 Å². The number of pyridine rings is 1. The minimum absolute atomic E-state index is 0.211. The van der Waals surface area contributed by atoms with Gasteiger partial charge in [-0.3, -0.25) is 19.7 Å². The molecule has 0 spiro atoms. The van der Waals surface area contributed by atoms with Crippen LogP contribution in [0, 0.1) is 12.5 Å². The minimum Gasteiger partial charge on any atom is -0.361 e. The number of aromatic nitrogens is 1. The van der Waals surface area contributed by atoms with Crippen LogP contribution < -0.4 is 15.5 Å². The second-order valence-corrected chi connectivity index (χ2v) is 8.24. The summed E-state index contributed by atoms with van der Waals surface area (Å²) in [6, 6.07) is 3.55. The number of anilines is 2. The van der Waals surface area contributed by atoms with Crippen LogP contribution in [-0.4, -0.2) is 41.5 Å². The van der Waals surface area contributed by atoms with Crippen LogP contribution in [0.3, 0.4) is 0 Å². The Labute approximate surface area is 180 Å². The molecule has 4 rings (SSSR count). The average molecular weight is 420 g/mol. The molecule has 3 aliphatic heterocycles. The number of amides is 3. The monoisotopic (exact) mass is 420 g/mol. The van der Waals surface area contributed by atoms with Crippen molar-refractivity contribution in [2.24, 2.45) is 10.9 Å². The lowest BCUT2D eigenvalue weighted by atomic mass is 9.93. The minimum atomic E-state index is -0.358. The Hall–Kier alpha value is -3.54. The van der Waals surface area contributed by atoms with E-state index in [1.165, 1.54) is 0 Å². The highest BCUT2D eigenvalue weighted by molar-refractivity contribution is 6.44. The topological polar surface area (TPSA) is 108 Å². The fraction of sp³-hybridized carbons (Fsp3) is 0.455. The fourth-order valence-electron chi connectivity index (χ4n) is 4.06. The molecular formula is C22H24N6O3. The zero-order valence-electron chi connectivity index (χ0n) is 17.4. The quantitative estimate of drug-likeness (QED) is 0.574. The molecule has 0 aliphatic carbocycles. The first-order valence-electron chi connectivity index (χ1n) is 10.5. The third-order valence-electron chi connectivity index (χ3n) is 5.89. The Morgan fingerprint density at radius 3 is 2.58 bits per heavy atom. The summed E-state index contributed by atoms with van der Waals surface area (Å²) in [6.07, 6.45) is 4.42. The van der Waals surface area contributed by atoms with Gasteiger partial charge in [0.1, 0.15) is 0 Å². The van der Waals surface area contributed by atoms with E-state index in [9.17, 15) is 14.4 Å². The molecule has 4 heterocycles. The molecule has 0 aromatic carbocycles. The molecular weight excluding hydrogens is 396 g/mol. The van der Waals surface area contributed by atoms with Crippen LogP contribution >= 0.6 is 0 Å². The van der Waals surface area contributed by atoms with Gasteiger partial charge in [-0.05, 0) is 30.9 Å². The van der Waals surface area contributed by atoms with Gasteiger partial charge in [0, 0.05) is 44.0 Å². The predicted octanol–water partition coefficient (Wildman–Crippen LogP) is 2.38. The molecule has 0 unspecified atom stereocenters. The van der Waals surface area contributed by atoms with Crippen molar-refractivity contribution in [3.05, 3.63) is 41.1 Å². The van der Waals surface area contributed by atoms with E-state index in [0.717, 1.165) is 25.9 Å². The van der Waals surface area contributed by atoms with Crippen molar-refractivity contribution >= 4 is 34.9 Å². The van der Waals surface area contributed by atoms with Crippen molar-refractivity contribution in [3.8, 4) is 0 Å². The number of nitrogens with one attached hydrogen (secondary N) is 2. The Morgan fingerprint density at radius 1 is 1.23 bits per heavy atom. The summed E-state index contributed by atoms with van der Waals surface area (Å²) in [5.74, 6) is 0.272. The van der Waals surface area contributed by atoms with E-state index in [0.29, 0.717) is 35.2 Å². The standard InChI is InChI=1S/C22H24N6O3/c1-13-7-9-28(10-8-13)21-16(26-22(31)17-5-6-18(23-2)24-17)4-3-15(25-21)14-11-19(29)27-20(30)12-14/h3-4,6,13-14H,5,7-12H2,1H3,(H,26,31)(H,27,29,30). The second-order valence-electron chi connectivity index (χ2n) is 8.24. The molecule has 31 heavy (non-hydrogen) atoms. The highest BCUT2D eigenvalue weighted by atomic mass is 16.2. The summed E-state index contributed by atoms with van der Waals surface area (Å²) in [5, 5.41) is 5.22. The van der Waals surface area contributed by atoms with Gasteiger partial charge in [-0.15, -0.1) is 4.99 Å². The van der Waals surface area contributed by atoms with Crippen molar-refractivity contribution in [2.75, 3.05) is 23.3 Å². The number of hydrogen-bond acceptors (Lipinski definition) is 6. The SMILES string of the molecule is [C-]#[N+]C1=CCC(C(=O)Nc2ccc(C3CC(=O)NC(=O)C3)nc2N2CCC(C)CC2)=N1. The average Bonchev–Trinajstić information content (AvgIpc) is 3.23. The third-order valence-corrected chi connectivity index (χ3v) is 5.89. The van der Waals surface area contributed by atoms with E-state index in [4.69, 9.17) is 11.6 Å². The van der Waals surface area contributed by atoms with Gasteiger partial charge in [0.05, 0.1) is 5.69 Å². The number of imide groups is 1. The van der Waals surface area contributed by atoms with Crippen LogP contribution in [0.15, 0.2) is 29.0 Å². The Bertz CT molecular complexity index is 1010. The summed E-state index contributed by atoms with van der Waals surface area (Å²) in [4.78, 5) is 50.6. The molecule has 9 nitrogen and oxygen atoms in total. The Kier molecular flexibility index (Phi) is 5.80. The molecule has 0 radical (unpaired) electrons. The first-order valence-corrected chi connectivity index (χ1v) is 10.5. The Balaban J connectivity index is 1.61. The van der Waals surface area contributed by atoms with E-state index in [-0.39, 0.29) is 42.3 Å². The molecule has 0 saturated carbocycles. The summed E-state index contributed by atoms with van der Waals surface area (Å²) in [7, 11) is 0. The molecule has 2 saturated heterocycles. The number of rotatable bonds is 4. The van der Waals surface area contributed by atoms with E-state index in [1.54, 1.807) is 18.2 Å². The summed E-state index contributed by atoms with van der Waals surface area (Å²) in [6.45, 7) is 10.9. The number of aliphatic imine (C=N–C) groups is 1. The normalized spacial score (nSPS) is 20.1. The first-order chi connectivity index (χ1) is 14.9. The zero-order valence-corrected chi connectivity index (χ0v) is 17.4. The fourth-order valence-corrected chi connectivity index (χ4v) is 4.06. The number of nitrogens with zero attached hydrogens (tertiary/aromatic N) is 4. The predicted molar refractivity (Wildman–Crippen MR) is 115 cm³/mol. The van der Waals surface area contributed by atoms with Crippen molar-refractivity contribution in [2.45, 2.75) is 44.9 Å². The number of carbonyl (C=O) groups is 3. The number of allylic oxidation sites excluding steroid dienone is 1. The van der Waals surface area contributed by atoms with E-state index >= 15 is 0 Å². The van der Waals surface area contributed by atoms with Crippen molar-refractivity contribution in [1.29, 1.82) is 0 Å². The Morgan fingerprint density at radius 2 is 1.94 bits per heavy atom. The van der Waals surface area contributed by atoms with Gasteiger partial charge in [0.25, 0.3) is 11.7 Å². The lowest BCUT2D eigenvalue weighted by Crippen LogP contribution is -2.38. The van der Waals surface area contributed by atoms with Gasteiger partial charge in [0.15, 0.2) is 11.5 Å². The van der Waals surface area contributed by atoms with Crippen LogP contribution in [0.4, 0.5) is 11.5 Å². The zero-order chi connectivity index (χ0) is 22.0. The van der Waals surface area contributed by atoms with Crippen LogP contribution in [0.2, 0.25) is 0 Å². The van der Waals surface area contributed by atoms with Gasteiger partial charge in [-0.25, -0.2) is 4.98 Å². The number of hydrogen-bond donors (Lipinski definition) is 2. The molecule has 0 atom stereocenters. The van der Waals surface area contributed by atoms with E-state index < -0.39 is 0 Å². The highest BCUT2D eigenvalue weighted by Crippen LogP contribution is 2.33. The molecule has 3 amide bonds. The lowest BCUT2D eigenvalue weighted by Gasteiger charge is -2.33. The summed E-state index contributed by atoms with van der Waals surface area (Å²) >= 11 is 0. The van der Waals surface area contributed by atoms with Gasteiger partial charge < -0.3 is 15.1 Å². The first kappa shape index (κ1) is 20.7. The maximum absolute atomic E-state index is 12.7. The van der Waals surface area contributed by atoms with Gasteiger partial charge >= 0.3 is 0 Å². The largest absolute Gasteiger partial charge is 0.361 e. The molecule has 160 valence electrons. The number of carbonyl (C=O) groups excluding carboxylic acids is 3. The third kappa shape index (κ3) is 4.63. The maximum Gasteiger partial charge on any atom is 0.294 e. The second kappa shape index (κ2) is 8.68. The summed E-state index contributed by atoms with van der Waals surface area (Å²) < 4.78 is 0. The molecule has 0 bridgehead atoms. The molecule has 2 N–H and O–H groups in total. The smallest absolute Gasteiger partial charge is 0.294 e. The highest BCUT2D eigenvalue weighted by Gasteiger charge is 2.29. The number of piperidine rings is 2. The molecule has 1 aromatic heterocycles. The van der Waals surface area contributed by atoms with Crippen LogP contribution in [0.1, 0.15) is 50.6 Å². The molecule has 1 aromatic rings. The van der Waals surface area contributed by atoms with Gasteiger partial charge in [0.2, 0.25) is 11.8 Å². The maximum atomic E-state index is 12.7.